The van der Waals surface area contributed by atoms with Crippen molar-refractivity contribution < 1.29 is 9.59 Å². The van der Waals surface area contributed by atoms with E-state index in [0.29, 0.717) is 5.56 Å². The van der Waals surface area contributed by atoms with Crippen molar-refractivity contribution in [1.29, 1.82) is 0 Å². The lowest BCUT2D eigenvalue weighted by molar-refractivity contribution is -0.114. The normalized spacial score (nSPS) is 14.3. The summed E-state index contributed by atoms with van der Waals surface area (Å²) >= 11 is 0. The van der Waals surface area contributed by atoms with Gasteiger partial charge in [-0.25, -0.2) is 0 Å². The molecule has 19 heavy (non-hydrogen) atoms. The van der Waals surface area contributed by atoms with Gasteiger partial charge in [0.15, 0.2) is 0 Å². The number of benzene rings is 3. The van der Waals surface area contributed by atoms with Crippen LogP contribution < -0.4 is 0 Å². The van der Waals surface area contributed by atoms with E-state index in [9.17, 15) is 9.59 Å². The molecule has 0 saturated heterocycles. The van der Waals surface area contributed by atoms with Crippen LogP contribution in [-0.4, -0.2) is 11.6 Å². The quantitative estimate of drug-likeness (QED) is 0.450. The second-order valence-corrected chi connectivity index (χ2v) is 4.95. The summed E-state index contributed by atoms with van der Waals surface area (Å²) in [6.45, 7) is 0. The van der Waals surface area contributed by atoms with Crippen LogP contribution in [0.2, 0.25) is 0 Å². The van der Waals surface area contributed by atoms with Crippen molar-refractivity contribution in [2.75, 3.05) is 0 Å². The van der Waals surface area contributed by atoms with Gasteiger partial charge >= 0.3 is 0 Å². The van der Waals surface area contributed by atoms with Crippen molar-refractivity contribution in [1.82, 2.24) is 0 Å². The third-order valence-electron chi connectivity index (χ3n) is 3.80. The molecular weight excluding hydrogens is 236 g/mol. The highest BCUT2D eigenvalue weighted by Crippen LogP contribution is 2.31. The van der Waals surface area contributed by atoms with Gasteiger partial charge < -0.3 is 0 Å². The lowest BCUT2D eigenvalue weighted by atomic mass is 9.97. The molecular formula is C17H10O2. The number of Topliss-reactive ketones (excluding diaryl/α,β-unsaturated/α-hetero) is 2. The molecule has 0 unspecified atom stereocenters. The Balaban J connectivity index is 2.18. The monoisotopic (exact) mass is 246 g/mol. The van der Waals surface area contributed by atoms with Crippen LogP contribution in [0.4, 0.5) is 0 Å². The Labute approximate surface area is 109 Å². The highest BCUT2D eigenvalue weighted by molar-refractivity contribution is 6.49. The molecule has 1 aliphatic carbocycles. The molecule has 0 saturated carbocycles. The number of carbonyl (C=O) groups excluding carboxylic acids is 2. The molecule has 90 valence electrons. The Bertz CT molecular complexity index is 875. The summed E-state index contributed by atoms with van der Waals surface area (Å²) in [5.41, 5.74) is 1.46. The van der Waals surface area contributed by atoms with E-state index in [1.165, 1.54) is 0 Å². The Morgan fingerprint density at radius 1 is 0.789 bits per heavy atom. The summed E-state index contributed by atoms with van der Waals surface area (Å²) in [5.74, 6) is -0.633. The van der Waals surface area contributed by atoms with E-state index < -0.39 is 0 Å². The first-order chi connectivity index (χ1) is 9.24. The van der Waals surface area contributed by atoms with Gasteiger partial charge in [-0.2, -0.15) is 0 Å². The first-order valence-electron chi connectivity index (χ1n) is 6.26. The minimum absolute atomic E-state index is 0.247. The van der Waals surface area contributed by atoms with E-state index in [4.69, 9.17) is 0 Å². The third kappa shape index (κ3) is 1.37. The second kappa shape index (κ2) is 3.51. The maximum absolute atomic E-state index is 12.0. The first kappa shape index (κ1) is 10.4. The Morgan fingerprint density at radius 2 is 1.53 bits per heavy atom. The van der Waals surface area contributed by atoms with Crippen LogP contribution in [0, 0.1) is 0 Å². The van der Waals surface area contributed by atoms with Crippen molar-refractivity contribution >= 4 is 33.1 Å². The lowest BCUT2D eigenvalue weighted by Crippen LogP contribution is -2.06. The molecule has 0 aromatic heterocycles. The molecule has 0 bridgehead atoms. The SMILES string of the molecule is O=C1Cc2ccc3cc4ccccc4cc3c2C1=O. The molecule has 0 aliphatic heterocycles. The van der Waals surface area contributed by atoms with Crippen LogP contribution in [0.15, 0.2) is 48.5 Å². The van der Waals surface area contributed by atoms with Crippen LogP contribution in [0.3, 0.4) is 0 Å². The maximum Gasteiger partial charge on any atom is 0.229 e. The second-order valence-electron chi connectivity index (χ2n) is 4.95. The molecule has 0 amide bonds. The van der Waals surface area contributed by atoms with E-state index in [0.717, 1.165) is 27.1 Å². The smallest absolute Gasteiger partial charge is 0.229 e. The Kier molecular flexibility index (Phi) is 1.93. The predicted molar refractivity (Wildman–Crippen MR) is 74.5 cm³/mol. The largest absolute Gasteiger partial charge is 0.290 e. The van der Waals surface area contributed by atoms with Gasteiger partial charge in [0.2, 0.25) is 11.6 Å². The van der Waals surface area contributed by atoms with Crippen LogP contribution in [-0.2, 0) is 11.2 Å². The number of carbonyl (C=O) groups is 2. The van der Waals surface area contributed by atoms with E-state index in [2.05, 4.69) is 12.1 Å². The average Bonchev–Trinajstić information content (AvgIpc) is 2.72. The highest BCUT2D eigenvalue weighted by Gasteiger charge is 2.29. The maximum atomic E-state index is 12.0. The van der Waals surface area contributed by atoms with E-state index in [-0.39, 0.29) is 18.0 Å². The van der Waals surface area contributed by atoms with Crippen molar-refractivity contribution in [3.8, 4) is 0 Å². The summed E-state index contributed by atoms with van der Waals surface area (Å²) in [6.07, 6.45) is 0.247. The van der Waals surface area contributed by atoms with Gasteiger partial charge in [0.1, 0.15) is 0 Å². The van der Waals surface area contributed by atoms with Crippen LogP contribution >= 0.6 is 0 Å². The number of ketones is 2. The average molecular weight is 246 g/mol. The van der Waals surface area contributed by atoms with Crippen molar-refractivity contribution in [3.05, 3.63) is 59.7 Å². The van der Waals surface area contributed by atoms with Gasteiger partial charge in [-0.1, -0.05) is 36.4 Å². The molecule has 0 spiro atoms. The lowest BCUT2D eigenvalue weighted by Gasteiger charge is -2.06. The number of hydrogen-bond acceptors (Lipinski definition) is 2. The topological polar surface area (TPSA) is 34.1 Å². The zero-order valence-corrected chi connectivity index (χ0v) is 10.1. The van der Waals surface area contributed by atoms with Crippen LogP contribution in [0.5, 0.6) is 0 Å². The van der Waals surface area contributed by atoms with Crippen LogP contribution in [0.25, 0.3) is 21.5 Å². The summed E-state index contributed by atoms with van der Waals surface area (Å²) in [6, 6.07) is 16.0. The fourth-order valence-corrected chi connectivity index (χ4v) is 2.87. The molecule has 0 N–H and O–H groups in total. The molecule has 2 nitrogen and oxygen atoms in total. The molecule has 0 atom stereocenters. The molecule has 0 fully saturated rings. The van der Waals surface area contributed by atoms with E-state index in [1.54, 1.807) is 0 Å². The highest BCUT2D eigenvalue weighted by atomic mass is 16.2. The fraction of sp³-hybridized carbons (Fsp3) is 0.0588. The molecule has 4 rings (SSSR count). The summed E-state index contributed by atoms with van der Waals surface area (Å²) < 4.78 is 0. The van der Waals surface area contributed by atoms with Gasteiger partial charge in [-0.3, -0.25) is 9.59 Å². The molecule has 0 radical (unpaired) electrons. The fourth-order valence-electron chi connectivity index (χ4n) is 2.87. The zero-order valence-electron chi connectivity index (χ0n) is 10.1. The van der Waals surface area contributed by atoms with Gasteiger partial charge in [-0.15, -0.1) is 0 Å². The van der Waals surface area contributed by atoms with Gasteiger partial charge in [0.05, 0.1) is 0 Å². The molecule has 3 aromatic rings. The number of fused-ring (bicyclic) bond motifs is 4. The minimum Gasteiger partial charge on any atom is -0.290 e. The third-order valence-corrected chi connectivity index (χ3v) is 3.80. The molecule has 2 heteroatoms. The van der Waals surface area contributed by atoms with E-state index >= 15 is 0 Å². The summed E-state index contributed by atoms with van der Waals surface area (Å²) in [4.78, 5) is 23.6. The Morgan fingerprint density at radius 3 is 2.32 bits per heavy atom. The van der Waals surface area contributed by atoms with Gasteiger partial charge in [0.25, 0.3) is 0 Å². The Hall–Kier alpha value is -2.48. The molecule has 1 aliphatic rings. The van der Waals surface area contributed by atoms with Crippen LogP contribution in [0.1, 0.15) is 15.9 Å². The van der Waals surface area contributed by atoms with Crippen molar-refractivity contribution in [3.63, 3.8) is 0 Å². The summed E-state index contributed by atoms with van der Waals surface area (Å²) in [5, 5.41) is 4.15. The molecule has 3 aromatic carbocycles. The predicted octanol–water partition coefficient (Wildman–Crippen LogP) is 3.30. The minimum atomic E-state index is -0.337. The summed E-state index contributed by atoms with van der Waals surface area (Å²) in [7, 11) is 0. The first-order valence-corrected chi connectivity index (χ1v) is 6.26. The van der Waals surface area contributed by atoms with Gasteiger partial charge in [-0.05, 0) is 39.2 Å². The van der Waals surface area contributed by atoms with Crippen molar-refractivity contribution in [2.45, 2.75) is 6.42 Å². The standard InChI is InChI=1S/C17H10O2/c18-15-9-13-6-5-12-7-10-3-1-2-4-11(10)8-14(12)16(13)17(15)19/h1-8H,9H2. The van der Waals surface area contributed by atoms with E-state index in [1.807, 2.05) is 36.4 Å². The number of rotatable bonds is 0. The zero-order chi connectivity index (χ0) is 13.0. The molecule has 0 heterocycles. The van der Waals surface area contributed by atoms with Gasteiger partial charge in [0, 0.05) is 12.0 Å². The van der Waals surface area contributed by atoms with Crippen molar-refractivity contribution in [2.24, 2.45) is 0 Å². The number of hydrogen-bond donors (Lipinski definition) is 0.